The molecule has 106 valence electrons. The van der Waals surface area contributed by atoms with E-state index >= 15 is 0 Å². The summed E-state index contributed by atoms with van der Waals surface area (Å²) in [7, 11) is 1.83. The Hall–Kier alpha value is -2.37. The number of hydrogen-bond acceptors (Lipinski definition) is 5. The molecule has 0 atom stereocenters. The molecule has 0 aliphatic carbocycles. The van der Waals surface area contributed by atoms with E-state index in [1.54, 1.807) is 16.8 Å². The minimum absolute atomic E-state index is 0.285. The molecule has 0 saturated carbocycles. The molecule has 20 heavy (non-hydrogen) atoms. The first-order valence-electron chi connectivity index (χ1n) is 6.55. The molecule has 0 radical (unpaired) electrons. The number of carbonyl (C=O) groups is 1. The summed E-state index contributed by atoms with van der Waals surface area (Å²) in [5.74, 6) is -0.285. The lowest BCUT2D eigenvalue weighted by molar-refractivity contribution is 0.0505. The molecule has 1 heterocycles. The van der Waals surface area contributed by atoms with Gasteiger partial charge in [0.1, 0.15) is 5.69 Å². The van der Waals surface area contributed by atoms with Gasteiger partial charge < -0.3 is 10.1 Å². The number of nitrogens with zero attached hydrogens (tertiary/aromatic N) is 3. The maximum atomic E-state index is 11.6. The third-order valence-electron chi connectivity index (χ3n) is 2.68. The van der Waals surface area contributed by atoms with Crippen molar-refractivity contribution in [1.29, 1.82) is 0 Å². The predicted octanol–water partition coefficient (Wildman–Crippen LogP) is 1.99. The van der Waals surface area contributed by atoms with Crippen LogP contribution in [0.15, 0.2) is 30.5 Å². The highest BCUT2D eigenvalue weighted by Crippen LogP contribution is 2.11. The number of anilines is 1. The Labute approximate surface area is 117 Å². The summed E-state index contributed by atoms with van der Waals surface area (Å²) in [4.78, 5) is 11.6. The maximum Gasteiger partial charge on any atom is 0.338 e. The van der Waals surface area contributed by atoms with Crippen LogP contribution in [0.25, 0.3) is 0 Å². The lowest BCUT2D eigenvalue weighted by Crippen LogP contribution is -2.06. The average molecular weight is 274 g/mol. The topological polar surface area (TPSA) is 69.0 Å². The fraction of sp³-hybridized carbons (Fsp3) is 0.357. The summed E-state index contributed by atoms with van der Waals surface area (Å²) >= 11 is 0. The van der Waals surface area contributed by atoms with E-state index in [0.717, 1.165) is 17.8 Å². The SMILES string of the molecule is CCCOC(=O)c1ccc(NCc2cn(C)nn2)cc1. The van der Waals surface area contributed by atoms with Gasteiger partial charge >= 0.3 is 5.97 Å². The lowest BCUT2D eigenvalue weighted by Gasteiger charge is -2.06. The highest BCUT2D eigenvalue weighted by atomic mass is 16.5. The predicted molar refractivity (Wildman–Crippen MR) is 75.3 cm³/mol. The molecule has 0 amide bonds. The van der Waals surface area contributed by atoms with Crippen molar-refractivity contribution in [2.75, 3.05) is 11.9 Å². The molecule has 2 rings (SSSR count). The van der Waals surface area contributed by atoms with Gasteiger partial charge in [-0.3, -0.25) is 4.68 Å². The quantitative estimate of drug-likeness (QED) is 0.816. The van der Waals surface area contributed by atoms with Crippen molar-refractivity contribution in [1.82, 2.24) is 15.0 Å². The van der Waals surface area contributed by atoms with Crippen molar-refractivity contribution in [3.63, 3.8) is 0 Å². The van der Waals surface area contributed by atoms with Gasteiger partial charge in [-0.15, -0.1) is 5.10 Å². The molecule has 1 N–H and O–H groups in total. The molecule has 0 aliphatic heterocycles. The number of rotatable bonds is 6. The van der Waals surface area contributed by atoms with E-state index in [9.17, 15) is 4.79 Å². The summed E-state index contributed by atoms with van der Waals surface area (Å²) < 4.78 is 6.73. The summed E-state index contributed by atoms with van der Waals surface area (Å²) in [6.45, 7) is 3.01. The summed E-state index contributed by atoms with van der Waals surface area (Å²) in [5.41, 5.74) is 2.34. The third kappa shape index (κ3) is 3.81. The highest BCUT2D eigenvalue weighted by Gasteiger charge is 2.06. The molecule has 1 aromatic carbocycles. The van der Waals surface area contributed by atoms with Gasteiger partial charge in [0.05, 0.1) is 18.7 Å². The van der Waals surface area contributed by atoms with Crippen LogP contribution in [-0.2, 0) is 18.3 Å². The minimum Gasteiger partial charge on any atom is -0.462 e. The second-order valence-electron chi connectivity index (χ2n) is 4.45. The molecule has 6 heteroatoms. The second-order valence-corrected chi connectivity index (χ2v) is 4.45. The van der Waals surface area contributed by atoms with Crippen LogP contribution in [0.2, 0.25) is 0 Å². The molecule has 2 aromatic rings. The Kier molecular flexibility index (Phi) is 4.70. The number of esters is 1. The van der Waals surface area contributed by atoms with Crippen LogP contribution in [0.1, 0.15) is 29.4 Å². The number of nitrogens with one attached hydrogen (secondary N) is 1. The van der Waals surface area contributed by atoms with Gasteiger partial charge in [-0.05, 0) is 30.7 Å². The average Bonchev–Trinajstić information content (AvgIpc) is 2.89. The Morgan fingerprint density at radius 2 is 2.10 bits per heavy atom. The first kappa shape index (κ1) is 14.0. The van der Waals surface area contributed by atoms with Crippen LogP contribution in [0.5, 0.6) is 0 Å². The van der Waals surface area contributed by atoms with Crippen LogP contribution in [0, 0.1) is 0 Å². The van der Waals surface area contributed by atoms with Crippen molar-refractivity contribution < 1.29 is 9.53 Å². The van der Waals surface area contributed by atoms with Crippen molar-refractivity contribution >= 4 is 11.7 Å². The van der Waals surface area contributed by atoms with Crippen LogP contribution < -0.4 is 5.32 Å². The molecular weight excluding hydrogens is 256 g/mol. The number of ether oxygens (including phenoxy) is 1. The van der Waals surface area contributed by atoms with Crippen molar-refractivity contribution in [3.8, 4) is 0 Å². The number of aromatic nitrogens is 3. The van der Waals surface area contributed by atoms with Crippen LogP contribution >= 0.6 is 0 Å². The van der Waals surface area contributed by atoms with E-state index in [2.05, 4.69) is 15.6 Å². The Morgan fingerprint density at radius 3 is 2.70 bits per heavy atom. The van der Waals surface area contributed by atoms with Crippen molar-refractivity contribution in [3.05, 3.63) is 41.7 Å². The molecule has 0 spiro atoms. The monoisotopic (exact) mass is 274 g/mol. The molecule has 0 aliphatic rings. The number of aryl methyl sites for hydroxylation is 1. The highest BCUT2D eigenvalue weighted by molar-refractivity contribution is 5.89. The van der Waals surface area contributed by atoms with E-state index in [1.807, 2.05) is 32.3 Å². The summed E-state index contributed by atoms with van der Waals surface area (Å²) in [5, 5.41) is 11.1. The van der Waals surface area contributed by atoms with Gasteiger partial charge in [-0.2, -0.15) is 0 Å². The fourth-order valence-corrected chi connectivity index (χ4v) is 1.67. The number of hydrogen-bond donors (Lipinski definition) is 1. The molecule has 1 aromatic heterocycles. The van der Waals surface area contributed by atoms with Gasteiger partial charge in [-0.25, -0.2) is 4.79 Å². The fourth-order valence-electron chi connectivity index (χ4n) is 1.67. The molecule has 0 fully saturated rings. The van der Waals surface area contributed by atoms with Crippen molar-refractivity contribution in [2.24, 2.45) is 7.05 Å². The Morgan fingerprint density at radius 1 is 1.35 bits per heavy atom. The zero-order valence-electron chi connectivity index (χ0n) is 11.7. The Bertz CT molecular complexity index is 563. The third-order valence-corrected chi connectivity index (χ3v) is 2.68. The first-order chi connectivity index (χ1) is 9.69. The zero-order valence-corrected chi connectivity index (χ0v) is 11.7. The normalized spacial score (nSPS) is 10.3. The van der Waals surface area contributed by atoms with Gasteiger partial charge in [0.2, 0.25) is 0 Å². The summed E-state index contributed by atoms with van der Waals surface area (Å²) in [6.07, 6.45) is 2.67. The molecule has 6 nitrogen and oxygen atoms in total. The van der Waals surface area contributed by atoms with Gasteiger partial charge in [-0.1, -0.05) is 12.1 Å². The van der Waals surface area contributed by atoms with E-state index < -0.39 is 0 Å². The van der Waals surface area contributed by atoms with E-state index in [-0.39, 0.29) is 5.97 Å². The lowest BCUT2D eigenvalue weighted by atomic mass is 10.2. The standard InChI is InChI=1S/C14H18N4O2/c1-3-8-20-14(19)11-4-6-12(7-5-11)15-9-13-10-18(2)17-16-13/h4-7,10,15H,3,8-9H2,1-2H3. The van der Waals surface area contributed by atoms with Crippen LogP contribution in [0.3, 0.4) is 0 Å². The van der Waals surface area contributed by atoms with E-state index in [1.165, 1.54) is 0 Å². The molecule has 0 unspecified atom stereocenters. The molecular formula is C14H18N4O2. The molecule has 0 bridgehead atoms. The maximum absolute atomic E-state index is 11.6. The number of benzene rings is 1. The first-order valence-corrected chi connectivity index (χ1v) is 6.55. The van der Waals surface area contributed by atoms with Gasteiger partial charge in [0, 0.05) is 18.9 Å². The van der Waals surface area contributed by atoms with Gasteiger partial charge in [0.15, 0.2) is 0 Å². The smallest absolute Gasteiger partial charge is 0.338 e. The van der Waals surface area contributed by atoms with Crippen molar-refractivity contribution in [2.45, 2.75) is 19.9 Å². The van der Waals surface area contributed by atoms with E-state index in [4.69, 9.17) is 4.74 Å². The van der Waals surface area contributed by atoms with Crippen LogP contribution in [-0.4, -0.2) is 27.6 Å². The minimum atomic E-state index is -0.285. The zero-order chi connectivity index (χ0) is 14.4. The van der Waals surface area contributed by atoms with Crippen LogP contribution in [0.4, 0.5) is 5.69 Å². The Balaban J connectivity index is 1.89. The van der Waals surface area contributed by atoms with Gasteiger partial charge in [0.25, 0.3) is 0 Å². The largest absolute Gasteiger partial charge is 0.462 e. The number of carbonyl (C=O) groups excluding carboxylic acids is 1. The molecule has 0 saturated heterocycles. The van der Waals surface area contributed by atoms with E-state index in [0.29, 0.717) is 18.7 Å². The summed E-state index contributed by atoms with van der Waals surface area (Å²) in [6, 6.07) is 7.19. The second kappa shape index (κ2) is 6.70.